The fourth-order valence-corrected chi connectivity index (χ4v) is 3.45. The Morgan fingerprint density at radius 2 is 1.83 bits per heavy atom. The van der Waals surface area contributed by atoms with Gasteiger partial charge in [0.1, 0.15) is 6.61 Å². The Bertz CT molecular complexity index is 862. The van der Waals surface area contributed by atoms with Gasteiger partial charge in [0.2, 0.25) is 5.91 Å². The van der Waals surface area contributed by atoms with Crippen LogP contribution < -0.4 is 10.1 Å². The molecule has 30 heavy (non-hydrogen) atoms. The summed E-state index contributed by atoms with van der Waals surface area (Å²) in [5.41, 5.74) is 2.48. The van der Waals surface area contributed by atoms with Crippen molar-refractivity contribution in [2.24, 2.45) is 4.99 Å². The predicted octanol–water partition coefficient (Wildman–Crippen LogP) is 3.03. The molecular formula is C23H29FN4O2. The molecule has 1 amide bonds. The van der Waals surface area contributed by atoms with Crippen LogP contribution in [0.1, 0.15) is 24.0 Å². The maximum Gasteiger partial charge on any atom is 0.223 e. The number of aliphatic imine (C=N–C) groups is 1. The Kier molecular flexibility index (Phi) is 7.65. The molecule has 0 bridgehead atoms. The van der Waals surface area contributed by atoms with Gasteiger partial charge in [-0.15, -0.1) is 0 Å². The van der Waals surface area contributed by atoms with Crippen LogP contribution in [-0.2, 0) is 17.9 Å². The number of hydrogen-bond donors (Lipinski definition) is 1. The Morgan fingerprint density at radius 3 is 2.50 bits per heavy atom. The lowest BCUT2D eigenvalue weighted by molar-refractivity contribution is -0.131. The fourth-order valence-electron chi connectivity index (χ4n) is 3.45. The molecule has 0 radical (unpaired) electrons. The van der Waals surface area contributed by atoms with Gasteiger partial charge in [-0.1, -0.05) is 36.4 Å². The molecule has 2 aromatic carbocycles. The molecular weight excluding hydrogens is 383 g/mol. The zero-order valence-electron chi connectivity index (χ0n) is 17.6. The normalized spacial score (nSPS) is 13.2. The van der Waals surface area contributed by atoms with Crippen LogP contribution in [0.5, 0.6) is 5.75 Å². The second-order valence-corrected chi connectivity index (χ2v) is 7.30. The third-order valence-corrected chi connectivity index (χ3v) is 5.14. The van der Waals surface area contributed by atoms with Crippen LogP contribution >= 0.6 is 0 Å². The van der Waals surface area contributed by atoms with E-state index < -0.39 is 0 Å². The SMILES string of the molecule is CN=C(NCCCC(=O)N1Cc2ccccc2C1)N(C)CCOc1ccccc1F. The molecule has 0 saturated carbocycles. The molecule has 1 aliphatic rings. The lowest BCUT2D eigenvalue weighted by Gasteiger charge is -2.22. The van der Waals surface area contributed by atoms with E-state index in [2.05, 4.69) is 22.4 Å². The maximum atomic E-state index is 13.6. The minimum absolute atomic E-state index is 0.176. The van der Waals surface area contributed by atoms with Crippen molar-refractivity contribution in [3.8, 4) is 5.75 Å². The van der Waals surface area contributed by atoms with E-state index in [-0.39, 0.29) is 17.5 Å². The van der Waals surface area contributed by atoms with Gasteiger partial charge in [-0.05, 0) is 29.7 Å². The van der Waals surface area contributed by atoms with E-state index in [1.165, 1.54) is 17.2 Å². The first-order valence-corrected chi connectivity index (χ1v) is 10.2. The van der Waals surface area contributed by atoms with Crippen molar-refractivity contribution in [1.82, 2.24) is 15.1 Å². The van der Waals surface area contributed by atoms with Crippen LogP contribution in [0.25, 0.3) is 0 Å². The average molecular weight is 413 g/mol. The lowest BCUT2D eigenvalue weighted by atomic mass is 10.1. The molecule has 2 aromatic rings. The number of ether oxygens (including phenoxy) is 1. The second kappa shape index (κ2) is 10.6. The molecule has 3 rings (SSSR count). The lowest BCUT2D eigenvalue weighted by Crippen LogP contribution is -2.41. The number of halogens is 1. The summed E-state index contributed by atoms with van der Waals surface area (Å²) in [6, 6.07) is 14.6. The Morgan fingerprint density at radius 1 is 1.17 bits per heavy atom. The van der Waals surface area contributed by atoms with Crippen LogP contribution in [0, 0.1) is 5.82 Å². The van der Waals surface area contributed by atoms with Crippen LogP contribution in [0.15, 0.2) is 53.5 Å². The number of carbonyl (C=O) groups is 1. The van der Waals surface area contributed by atoms with Crippen molar-refractivity contribution < 1.29 is 13.9 Å². The molecule has 1 aliphatic heterocycles. The first-order chi connectivity index (χ1) is 14.6. The second-order valence-electron chi connectivity index (χ2n) is 7.30. The first kappa shape index (κ1) is 21.6. The molecule has 7 heteroatoms. The molecule has 0 saturated heterocycles. The summed E-state index contributed by atoms with van der Waals surface area (Å²) in [5.74, 6) is 0.771. The number of fused-ring (bicyclic) bond motifs is 1. The van der Waals surface area contributed by atoms with Gasteiger partial charge in [0.15, 0.2) is 17.5 Å². The zero-order valence-corrected chi connectivity index (χ0v) is 17.6. The van der Waals surface area contributed by atoms with Gasteiger partial charge in [0, 0.05) is 40.2 Å². The quantitative estimate of drug-likeness (QED) is 0.411. The third kappa shape index (κ3) is 5.72. The standard InChI is InChI=1S/C23H29FN4O2/c1-25-23(27(2)14-15-30-21-11-6-5-10-20(21)24)26-13-7-12-22(29)28-16-18-8-3-4-9-19(18)17-28/h3-6,8-11H,7,12-17H2,1-2H3,(H,25,26). The van der Waals surface area contributed by atoms with Gasteiger partial charge < -0.3 is 19.9 Å². The van der Waals surface area contributed by atoms with Crippen molar-refractivity contribution in [2.75, 3.05) is 33.8 Å². The highest BCUT2D eigenvalue weighted by Crippen LogP contribution is 2.22. The van der Waals surface area contributed by atoms with Gasteiger partial charge >= 0.3 is 0 Å². The van der Waals surface area contributed by atoms with E-state index in [0.717, 1.165) is 6.42 Å². The van der Waals surface area contributed by atoms with E-state index in [4.69, 9.17) is 4.74 Å². The molecule has 0 unspecified atom stereocenters. The first-order valence-electron chi connectivity index (χ1n) is 10.2. The highest BCUT2D eigenvalue weighted by atomic mass is 19.1. The maximum absolute atomic E-state index is 13.6. The van der Waals surface area contributed by atoms with Gasteiger partial charge in [-0.2, -0.15) is 0 Å². The summed E-state index contributed by atoms with van der Waals surface area (Å²) in [6.45, 7) is 2.95. The molecule has 1 N–H and O–H groups in total. The molecule has 0 spiro atoms. The van der Waals surface area contributed by atoms with Crippen molar-refractivity contribution in [3.63, 3.8) is 0 Å². The minimum atomic E-state index is -0.367. The molecule has 0 fully saturated rings. The fraction of sp³-hybridized carbons (Fsp3) is 0.391. The smallest absolute Gasteiger partial charge is 0.223 e. The van der Waals surface area contributed by atoms with E-state index >= 15 is 0 Å². The highest BCUT2D eigenvalue weighted by Gasteiger charge is 2.22. The molecule has 160 valence electrons. The largest absolute Gasteiger partial charge is 0.489 e. The third-order valence-electron chi connectivity index (χ3n) is 5.14. The van der Waals surface area contributed by atoms with E-state index in [1.807, 2.05) is 29.0 Å². The molecule has 0 aromatic heterocycles. The Balaban J connectivity index is 1.34. The molecule has 0 atom stereocenters. The number of amides is 1. The van der Waals surface area contributed by atoms with Crippen molar-refractivity contribution in [2.45, 2.75) is 25.9 Å². The number of hydrogen-bond acceptors (Lipinski definition) is 3. The number of nitrogens with one attached hydrogen (secondary N) is 1. The van der Waals surface area contributed by atoms with Gasteiger partial charge in [0.25, 0.3) is 0 Å². The van der Waals surface area contributed by atoms with E-state index in [0.29, 0.717) is 45.2 Å². The number of nitrogens with zero attached hydrogens (tertiary/aromatic N) is 3. The predicted molar refractivity (Wildman–Crippen MR) is 116 cm³/mol. The monoisotopic (exact) mass is 412 g/mol. The summed E-state index contributed by atoms with van der Waals surface area (Å²) in [4.78, 5) is 20.6. The van der Waals surface area contributed by atoms with Crippen LogP contribution in [-0.4, -0.2) is 55.5 Å². The topological polar surface area (TPSA) is 57.2 Å². The molecule has 6 nitrogen and oxygen atoms in total. The van der Waals surface area contributed by atoms with Gasteiger partial charge in [-0.3, -0.25) is 9.79 Å². The number of para-hydroxylation sites is 1. The van der Waals surface area contributed by atoms with Crippen molar-refractivity contribution in [3.05, 3.63) is 65.5 Å². The van der Waals surface area contributed by atoms with Crippen LogP contribution in [0.4, 0.5) is 4.39 Å². The summed E-state index contributed by atoms with van der Waals surface area (Å²) in [5, 5.41) is 3.27. The van der Waals surface area contributed by atoms with Gasteiger partial charge in [-0.25, -0.2) is 4.39 Å². The van der Waals surface area contributed by atoms with Crippen molar-refractivity contribution >= 4 is 11.9 Å². The van der Waals surface area contributed by atoms with Gasteiger partial charge in [0.05, 0.1) is 6.54 Å². The number of benzene rings is 2. The summed E-state index contributed by atoms with van der Waals surface area (Å²) in [6.07, 6.45) is 1.22. The number of rotatable bonds is 8. The molecule has 1 heterocycles. The van der Waals surface area contributed by atoms with E-state index in [1.54, 1.807) is 25.2 Å². The van der Waals surface area contributed by atoms with Crippen LogP contribution in [0.2, 0.25) is 0 Å². The number of likely N-dealkylation sites (N-methyl/N-ethyl adjacent to an activating group) is 1. The summed E-state index contributed by atoms with van der Waals surface area (Å²) < 4.78 is 19.1. The van der Waals surface area contributed by atoms with Crippen LogP contribution in [0.3, 0.4) is 0 Å². The summed E-state index contributed by atoms with van der Waals surface area (Å²) >= 11 is 0. The summed E-state index contributed by atoms with van der Waals surface area (Å²) in [7, 11) is 3.61. The Hall–Kier alpha value is -3.09. The van der Waals surface area contributed by atoms with E-state index in [9.17, 15) is 9.18 Å². The molecule has 0 aliphatic carbocycles. The number of guanidine groups is 1. The average Bonchev–Trinajstić information content (AvgIpc) is 3.19. The zero-order chi connectivity index (χ0) is 21.3. The van der Waals surface area contributed by atoms with Crippen molar-refractivity contribution in [1.29, 1.82) is 0 Å². The minimum Gasteiger partial charge on any atom is -0.489 e. The Labute approximate surface area is 177 Å². The highest BCUT2D eigenvalue weighted by molar-refractivity contribution is 5.80. The number of carbonyl (C=O) groups excluding carboxylic acids is 1.